The van der Waals surface area contributed by atoms with E-state index in [4.69, 9.17) is 0 Å². The van der Waals surface area contributed by atoms with Crippen LogP contribution in [0.1, 0.15) is 25.3 Å². The van der Waals surface area contributed by atoms with Crippen LogP contribution >= 0.6 is 11.8 Å². The Bertz CT molecular complexity index is 928. The van der Waals surface area contributed by atoms with E-state index in [1.807, 2.05) is 68.4 Å². The van der Waals surface area contributed by atoms with Crippen LogP contribution < -0.4 is 16.0 Å². The number of piperidine rings is 1. The minimum absolute atomic E-state index is 0.0300. The highest BCUT2D eigenvalue weighted by Crippen LogP contribution is 2.16. The summed E-state index contributed by atoms with van der Waals surface area (Å²) in [6, 6.07) is 17.1. The minimum Gasteiger partial charge on any atom is -0.352 e. The lowest BCUT2D eigenvalue weighted by Gasteiger charge is -2.32. The Morgan fingerprint density at radius 1 is 0.939 bits per heavy atom. The van der Waals surface area contributed by atoms with Crippen LogP contribution in [0.4, 0.5) is 11.4 Å². The number of rotatable bonds is 9. The van der Waals surface area contributed by atoms with Gasteiger partial charge in [0.2, 0.25) is 17.7 Å². The zero-order valence-corrected chi connectivity index (χ0v) is 20.0. The van der Waals surface area contributed by atoms with Gasteiger partial charge in [0, 0.05) is 30.5 Å². The lowest BCUT2D eigenvalue weighted by molar-refractivity contribution is -0.122. The second-order valence-electron chi connectivity index (χ2n) is 8.34. The van der Waals surface area contributed by atoms with Crippen molar-refractivity contribution in [1.82, 2.24) is 10.2 Å². The molecule has 1 saturated heterocycles. The smallest absolute Gasteiger partial charge is 0.238 e. The Labute approximate surface area is 199 Å². The van der Waals surface area contributed by atoms with Crippen LogP contribution in [0.2, 0.25) is 0 Å². The van der Waals surface area contributed by atoms with Gasteiger partial charge in [-0.05, 0) is 51.0 Å². The summed E-state index contributed by atoms with van der Waals surface area (Å²) < 4.78 is 0. The Hall–Kier alpha value is -2.84. The molecule has 1 fully saturated rings. The number of carbonyl (C=O) groups excluding carboxylic acids is 3. The number of benzene rings is 2. The van der Waals surface area contributed by atoms with Crippen molar-refractivity contribution in [2.75, 3.05) is 36.0 Å². The Morgan fingerprint density at radius 3 is 2.21 bits per heavy atom. The number of aryl methyl sites for hydroxylation is 1. The van der Waals surface area contributed by atoms with Gasteiger partial charge in [0.05, 0.1) is 17.5 Å². The number of carbonyl (C=O) groups is 3. The number of amides is 3. The van der Waals surface area contributed by atoms with Gasteiger partial charge < -0.3 is 16.0 Å². The number of likely N-dealkylation sites (tertiary alicyclic amines) is 1. The first-order chi connectivity index (χ1) is 15.9. The second kappa shape index (κ2) is 12.4. The monoisotopic (exact) mass is 468 g/mol. The molecule has 3 amide bonds. The van der Waals surface area contributed by atoms with E-state index in [0.29, 0.717) is 6.54 Å². The highest BCUT2D eigenvalue weighted by Gasteiger charge is 2.24. The lowest BCUT2D eigenvalue weighted by atomic mass is 10.0. The van der Waals surface area contributed by atoms with Gasteiger partial charge in [-0.1, -0.05) is 35.9 Å². The largest absolute Gasteiger partial charge is 0.352 e. The number of anilines is 2. The Kier molecular flexibility index (Phi) is 9.33. The van der Waals surface area contributed by atoms with Crippen LogP contribution in [-0.4, -0.2) is 59.3 Å². The number of nitrogens with zero attached hydrogens (tertiary/aromatic N) is 1. The summed E-state index contributed by atoms with van der Waals surface area (Å²) >= 11 is 1.33. The van der Waals surface area contributed by atoms with E-state index in [1.54, 1.807) is 0 Å². The summed E-state index contributed by atoms with van der Waals surface area (Å²) in [5, 5.41) is 8.53. The van der Waals surface area contributed by atoms with Crippen LogP contribution in [0.15, 0.2) is 54.6 Å². The van der Waals surface area contributed by atoms with E-state index in [9.17, 15) is 14.4 Å². The molecule has 1 atom stereocenters. The van der Waals surface area contributed by atoms with Crippen LogP contribution in [0.3, 0.4) is 0 Å². The molecule has 176 valence electrons. The van der Waals surface area contributed by atoms with E-state index >= 15 is 0 Å². The molecule has 8 heteroatoms. The fourth-order valence-corrected chi connectivity index (χ4v) is 4.28. The van der Waals surface area contributed by atoms with Gasteiger partial charge in [-0.3, -0.25) is 19.3 Å². The van der Waals surface area contributed by atoms with Gasteiger partial charge in [0.1, 0.15) is 0 Å². The van der Waals surface area contributed by atoms with Crippen molar-refractivity contribution in [2.45, 2.75) is 38.0 Å². The van der Waals surface area contributed by atoms with Gasteiger partial charge in [-0.15, -0.1) is 11.8 Å². The molecule has 3 rings (SSSR count). The zero-order valence-electron chi connectivity index (χ0n) is 19.2. The predicted octanol–water partition coefficient (Wildman–Crippen LogP) is 3.27. The number of thioether (sulfide) groups is 1. The molecule has 1 aliphatic heterocycles. The number of hydrogen-bond acceptors (Lipinski definition) is 5. The van der Waals surface area contributed by atoms with Crippen LogP contribution in [-0.2, 0) is 14.4 Å². The summed E-state index contributed by atoms with van der Waals surface area (Å²) in [5.74, 6) is 0.0175. The molecule has 0 aliphatic carbocycles. The van der Waals surface area contributed by atoms with E-state index in [2.05, 4.69) is 20.9 Å². The van der Waals surface area contributed by atoms with Crippen molar-refractivity contribution < 1.29 is 14.4 Å². The van der Waals surface area contributed by atoms with E-state index < -0.39 is 0 Å². The summed E-state index contributed by atoms with van der Waals surface area (Å²) in [4.78, 5) is 39.0. The molecule has 2 aromatic rings. The lowest BCUT2D eigenvalue weighted by Crippen LogP contribution is -2.48. The average Bonchev–Trinajstić information content (AvgIpc) is 2.81. The quantitative estimate of drug-likeness (QED) is 0.526. The third-order valence-electron chi connectivity index (χ3n) is 5.53. The zero-order chi connectivity index (χ0) is 23.6. The average molecular weight is 469 g/mol. The van der Waals surface area contributed by atoms with Crippen LogP contribution in [0.25, 0.3) is 0 Å². The van der Waals surface area contributed by atoms with Gasteiger partial charge in [-0.25, -0.2) is 0 Å². The summed E-state index contributed by atoms with van der Waals surface area (Å²) in [6.07, 6.45) is 1.60. The van der Waals surface area contributed by atoms with E-state index in [1.165, 1.54) is 11.8 Å². The first kappa shape index (κ1) is 24.8. The first-order valence-corrected chi connectivity index (χ1v) is 12.3. The fourth-order valence-electron chi connectivity index (χ4n) is 3.59. The van der Waals surface area contributed by atoms with Crippen LogP contribution in [0.5, 0.6) is 0 Å². The van der Waals surface area contributed by atoms with Crippen molar-refractivity contribution in [1.29, 1.82) is 0 Å². The molecule has 0 radical (unpaired) electrons. The van der Waals surface area contributed by atoms with Gasteiger partial charge in [0.15, 0.2) is 0 Å². The third-order valence-corrected chi connectivity index (χ3v) is 6.67. The van der Waals surface area contributed by atoms with Crippen molar-refractivity contribution in [3.63, 3.8) is 0 Å². The molecule has 0 spiro atoms. The maximum Gasteiger partial charge on any atom is 0.238 e. The topological polar surface area (TPSA) is 90.5 Å². The normalized spacial score (nSPS) is 15.5. The molecule has 1 aliphatic rings. The van der Waals surface area contributed by atoms with Crippen molar-refractivity contribution in [2.24, 2.45) is 0 Å². The fraction of sp³-hybridized carbons (Fsp3) is 0.400. The highest BCUT2D eigenvalue weighted by molar-refractivity contribution is 8.01. The molecule has 0 saturated carbocycles. The minimum atomic E-state index is -0.316. The van der Waals surface area contributed by atoms with Crippen LogP contribution in [0, 0.1) is 6.92 Å². The molecule has 0 bridgehead atoms. The Morgan fingerprint density at radius 2 is 1.55 bits per heavy atom. The summed E-state index contributed by atoms with van der Waals surface area (Å²) in [5.41, 5.74) is 2.69. The molecule has 0 aromatic heterocycles. The molecule has 2 aromatic carbocycles. The second-order valence-corrected chi connectivity index (χ2v) is 9.67. The standard InChI is InChI=1S/C25H32N4O3S/c1-18-8-10-21(11-9-18)27-24(31)17-33-19(2)25(32)28-22-12-14-29(15-13-22)16-23(30)26-20-6-4-3-5-7-20/h3-11,19,22H,12-17H2,1-2H3,(H,26,30)(H,27,31)(H,28,32). The molecule has 33 heavy (non-hydrogen) atoms. The highest BCUT2D eigenvalue weighted by atomic mass is 32.2. The van der Waals surface area contributed by atoms with E-state index in [-0.39, 0.29) is 34.8 Å². The molecular weight excluding hydrogens is 436 g/mol. The molecule has 1 heterocycles. The molecular formula is C25H32N4O3S. The maximum absolute atomic E-state index is 12.5. The van der Waals surface area contributed by atoms with Crippen molar-refractivity contribution >= 4 is 40.9 Å². The first-order valence-electron chi connectivity index (χ1n) is 11.2. The third kappa shape index (κ3) is 8.55. The number of para-hydroxylation sites is 1. The van der Waals surface area contributed by atoms with Gasteiger partial charge in [-0.2, -0.15) is 0 Å². The molecule has 1 unspecified atom stereocenters. The summed E-state index contributed by atoms with van der Waals surface area (Å²) in [7, 11) is 0. The maximum atomic E-state index is 12.5. The van der Waals surface area contributed by atoms with E-state index in [0.717, 1.165) is 42.9 Å². The Balaban J connectivity index is 1.32. The number of nitrogens with one attached hydrogen (secondary N) is 3. The number of hydrogen-bond donors (Lipinski definition) is 3. The van der Waals surface area contributed by atoms with Crippen molar-refractivity contribution in [3.8, 4) is 0 Å². The molecule has 7 nitrogen and oxygen atoms in total. The summed E-state index contributed by atoms with van der Waals surface area (Å²) in [6.45, 7) is 5.68. The predicted molar refractivity (Wildman–Crippen MR) is 134 cm³/mol. The molecule has 3 N–H and O–H groups in total. The van der Waals surface area contributed by atoms with Crippen molar-refractivity contribution in [3.05, 3.63) is 60.2 Å². The van der Waals surface area contributed by atoms with Gasteiger partial charge >= 0.3 is 0 Å². The SMILES string of the molecule is Cc1ccc(NC(=O)CSC(C)C(=O)NC2CCN(CC(=O)Nc3ccccc3)CC2)cc1. The van der Waals surface area contributed by atoms with Gasteiger partial charge in [0.25, 0.3) is 0 Å².